The average molecular weight is 605 g/mol. The van der Waals surface area contributed by atoms with E-state index in [1.165, 1.54) is 12.0 Å². The molecule has 5 nitrogen and oxygen atoms in total. The molecule has 45 heavy (non-hydrogen) atoms. The zero-order chi connectivity index (χ0) is 30.5. The summed E-state index contributed by atoms with van der Waals surface area (Å²) in [4.78, 5) is 0. The van der Waals surface area contributed by atoms with Gasteiger partial charge in [-0.25, -0.2) is 0 Å². The number of hydrogen-bond donors (Lipinski definition) is 0. The highest BCUT2D eigenvalue weighted by Gasteiger charge is 2.47. The van der Waals surface area contributed by atoms with Crippen LogP contribution in [0.4, 0.5) is 0 Å². The van der Waals surface area contributed by atoms with Gasteiger partial charge in [0.2, 0.25) is 0 Å². The SMILES string of the molecule is c1ccc(COC[C@H]2OC(=C3CCCCC3)[C@H](OCc3ccccc3)[C@@H](OCc3ccccc3)[C@@H]2OCc2ccccc2)cc1. The molecule has 1 aliphatic heterocycles. The van der Waals surface area contributed by atoms with Crippen molar-refractivity contribution in [1.82, 2.24) is 0 Å². The lowest BCUT2D eigenvalue weighted by Gasteiger charge is -2.44. The van der Waals surface area contributed by atoms with Crippen LogP contribution in [0.1, 0.15) is 54.4 Å². The fourth-order valence-electron chi connectivity index (χ4n) is 6.18. The third-order valence-corrected chi connectivity index (χ3v) is 8.57. The first-order chi connectivity index (χ1) is 22.3. The van der Waals surface area contributed by atoms with E-state index in [4.69, 9.17) is 23.7 Å². The van der Waals surface area contributed by atoms with Crippen molar-refractivity contribution in [2.75, 3.05) is 6.61 Å². The van der Waals surface area contributed by atoms with E-state index in [1.54, 1.807) is 0 Å². The first-order valence-electron chi connectivity index (χ1n) is 16.3. The molecular weight excluding hydrogens is 560 g/mol. The Labute approximate surface area is 267 Å². The molecule has 1 heterocycles. The summed E-state index contributed by atoms with van der Waals surface area (Å²) >= 11 is 0. The Kier molecular flexibility index (Phi) is 11.5. The van der Waals surface area contributed by atoms with Crippen molar-refractivity contribution in [3.63, 3.8) is 0 Å². The first-order valence-corrected chi connectivity index (χ1v) is 16.3. The van der Waals surface area contributed by atoms with Crippen LogP contribution >= 0.6 is 0 Å². The fraction of sp³-hybridized carbons (Fsp3) is 0.350. The van der Waals surface area contributed by atoms with Gasteiger partial charge in [-0.1, -0.05) is 128 Å². The van der Waals surface area contributed by atoms with E-state index < -0.39 is 18.3 Å². The highest BCUT2D eigenvalue weighted by molar-refractivity contribution is 5.22. The Morgan fingerprint density at radius 2 is 0.933 bits per heavy atom. The minimum absolute atomic E-state index is 0.362. The van der Waals surface area contributed by atoms with Crippen molar-refractivity contribution >= 4 is 0 Å². The highest BCUT2D eigenvalue weighted by atomic mass is 16.6. The van der Waals surface area contributed by atoms with E-state index >= 15 is 0 Å². The first kappa shape index (κ1) is 31.3. The molecule has 4 aromatic rings. The van der Waals surface area contributed by atoms with Gasteiger partial charge in [0.05, 0.1) is 33.0 Å². The molecule has 0 radical (unpaired) electrons. The van der Waals surface area contributed by atoms with Crippen molar-refractivity contribution in [1.29, 1.82) is 0 Å². The van der Waals surface area contributed by atoms with E-state index in [0.29, 0.717) is 33.0 Å². The molecule has 0 N–H and O–H groups in total. The van der Waals surface area contributed by atoms with Crippen LogP contribution in [-0.2, 0) is 50.1 Å². The van der Waals surface area contributed by atoms with Crippen molar-refractivity contribution in [2.45, 2.75) is 82.9 Å². The number of benzene rings is 4. The average Bonchev–Trinajstić information content (AvgIpc) is 3.11. The second-order valence-corrected chi connectivity index (χ2v) is 11.9. The Hall–Kier alpha value is -3.74. The van der Waals surface area contributed by atoms with Gasteiger partial charge in [0.1, 0.15) is 24.1 Å². The minimum atomic E-state index is -0.418. The molecule has 234 valence electrons. The lowest BCUT2D eigenvalue weighted by atomic mass is 9.88. The third kappa shape index (κ3) is 8.93. The summed E-state index contributed by atoms with van der Waals surface area (Å²) in [5, 5.41) is 0. The smallest absolute Gasteiger partial charge is 0.150 e. The number of allylic oxidation sites excluding steroid dienone is 1. The van der Waals surface area contributed by atoms with Crippen LogP contribution < -0.4 is 0 Å². The highest BCUT2D eigenvalue weighted by Crippen LogP contribution is 2.38. The maximum atomic E-state index is 6.97. The van der Waals surface area contributed by atoms with Crippen LogP contribution in [0.2, 0.25) is 0 Å². The zero-order valence-corrected chi connectivity index (χ0v) is 26.0. The van der Waals surface area contributed by atoms with Crippen LogP contribution in [0.25, 0.3) is 0 Å². The number of hydrogen-bond acceptors (Lipinski definition) is 5. The van der Waals surface area contributed by atoms with Gasteiger partial charge in [-0.3, -0.25) is 0 Å². The van der Waals surface area contributed by atoms with Crippen LogP contribution in [0.3, 0.4) is 0 Å². The Bertz CT molecular complexity index is 1430. The van der Waals surface area contributed by atoms with Gasteiger partial charge in [0, 0.05) is 0 Å². The second kappa shape index (κ2) is 16.5. The largest absolute Gasteiger partial charge is 0.487 e. The molecule has 1 aliphatic carbocycles. The normalized spacial score (nSPS) is 21.8. The summed E-state index contributed by atoms with van der Waals surface area (Å²) in [7, 11) is 0. The maximum Gasteiger partial charge on any atom is 0.150 e. The molecule has 0 aromatic heterocycles. The van der Waals surface area contributed by atoms with Crippen LogP contribution in [0.5, 0.6) is 0 Å². The molecule has 2 fully saturated rings. The monoisotopic (exact) mass is 604 g/mol. The standard InChI is InChI=1S/C40H44O5/c1-6-16-31(17-7-1)26-41-30-36-38(42-27-32-18-8-2-9-19-32)40(44-29-34-22-12-4-13-23-34)39(43-28-33-20-10-3-11-21-33)37(45-36)35-24-14-5-15-25-35/h1-4,6-13,16-23,36,38-40H,5,14-15,24-30H2/t36-,38-,39+,40+/m1/s1. The fourth-order valence-corrected chi connectivity index (χ4v) is 6.18. The molecular formula is C40H44O5. The molecule has 4 aromatic carbocycles. The van der Waals surface area contributed by atoms with Gasteiger partial charge >= 0.3 is 0 Å². The van der Waals surface area contributed by atoms with E-state index in [0.717, 1.165) is 53.7 Å². The summed E-state index contributed by atoms with van der Waals surface area (Å²) in [6.07, 6.45) is 4.00. The molecule has 1 saturated carbocycles. The molecule has 1 saturated heterocycles. The Morgan fingerprint density at radius 1 is 0.489 bits per heavy atom. The van der Waals surface area contributed by atoms with Crippen molar-refractivity contribution in [3.05, 3.63) is 155 Å². The maximum absolute atomic E-state index is 6.97. The number of ether oxygens (including phenoxy) is 5. The van der Waals surface area contributed by atoms with E-state index in [1.807, 2.05) is 72.8 Å². The van der Waals surface area contributed by atoms with Gasteiger partial charge in [-0.2, -0.15) is 0 Å². The molecule has 0 amide bonds. The van der Waals surface area contributed by atoms with Gasteiger partial charge in [-0.05, 0) is 53.5 Å². The lowest BCUT2D eigenvalue weighted by molar-refractivity contribution is -0.224. The predicted octanol–water partition coefficient (Wildman–Crippen LogP) is 8.58. The van der Waals surface area contributed by atoms with Crippen molar-refractivity contribution in [2.24, 2.45) is 0 Å². The summed E-state index contributed by atoms with van der Waals surface area (Å²) in [5.41, 5.74) is 5.78. The van der Waals surface area contributed by atoms with Crippen molar-refractivity contribution < 1.29 is 23.7 Å². The Balaban J connectivity index is 1.32. The summed E-state index contributed by atoms with van der Waals surface area (Å²) in [5.74, 6) is 0.913. The summed E-state index contributed by atoms with van der Waals surface area (Å²) < 4.78 is 33.8. The third-order valence-electron chi connectivity index (χ3n) is 8.57. The second-order valence-electron chi connectivity index (χ2n) is 11.9. The summed E-state index contributed by atoms with van der Waals surface area (Å²) in [6, 6.07) is 41.2. The summed E-state index contributed by atoms with van der Waals surface area (Å²) in [6.45, 7) is 2.22. The molecule has 4 atom stereocenters. The molecule has 6 rings (SSSR count). The molecule has 0 unspecified atom stereocenters. The van der Waals surface area contributed by atoms with Gasteiger partial charge < -0.3 is 23.7 Å². The molecule has 0 spiro atoms. The zero-order valence-electron chi connectivity index (χ0n) is 26.0. The van der Waals surface area contributed by atoms with Gasteiger partial charge in [0.15, 0.2) is 6.10 Å². The topological polar surface area (TPSA) is 46.2 Å². The van der Waals surface area contributed by atoms with E-state index in [2.05, 4.69) is 48.5 Å². The van der Waals surface area contributed by atoms with E-state index in [9.17, 15) is 0 Å². The van der Waals surface area contributed by atoms with Crippen LogP contribution in [0.15, 0.2) is 133 Å². The Morgan fingerprint density at radius 3 is 1.44 bits per heavy atom. The predicted molar refractivity (Wildman–Crippen MR) is 176 cm³/mol. The quantitative estimate of drug-likeness (QED) is 0.153. The van der Waals surface area contributed by atoms with Gasteiger partial charge in [-0.15, -0.1) is 0 Å². The van der Waals surface area contributed by atoms with Crippen LogP contribution in [-0.4, -0.2) is 31.0 Å². The number of rotatable bonds is 13. The van der Waals surface area contributed by atoms with E-state index in [-0.39, 0.29) is 6.10 Å². The minimum Gasteiger partial charge on any atom is -0.487 e. The van der Waals surface area contributed by atoms with Crippen molar-refractivity contribution in [3.8, 4) is 0 Å². The molecule has 5 heteroatoms. The lowest BCUT2D eigenvalue weighted by Crippen LogP contribution is -2.56. The molecule has 0 bridgehead atoms. The van der Waals surface area contributed by atoms with Crippen LogP contribution in [0, 0.1) is 0 Å². The molecule has 2 aliphatic rings. The van der Waals surface area contributed by atoms with Gasteiger partial charge in [0.25, 0.3) is 0 Å².